The lowest BCUT2D eigenvalue weighted by Crippen LogP contribution is -2.60. The first-order valence-electron chi connectivity index (χ1n) is 24.0. The summed E-state index contributed by atoms with van der Waals surface area (Å²) in [6.07, 6.45) is 0. The summed E-state index contributed by atoms with van der Waals surface area (Å²) in [5, 5.41) is 6.72. The van der Waals surface area contributed by atoms with E-state index in [1.807, 2.05) is 18.2 Å². The van der Waals surface area contributed by atoms with Crippen LogP contribution < -0.4 is 15.7 Å². The third kappa shape index (κ3) is 5.38. The zero-order valence-electron chi connectivity index (χ0n) is 39.9. The number of rotatable bonds is 2. The topological polar surface area (TPSA) is 60.5 Å². The van der Waals surface area contributed by atoms with Crippen LogP contribution in [-0.4, -0.2) is 16.4 Å². The second-order valence-electron chi connectivity index (χ2n) is 22.4. The molecule has 0 saturated heterocycles. The highest BCUT2D eigenvalue weighted by Gasteiger charge is 2.47. The second kappa shape index (κ2) is 13.1. The van der Waals surface area contributed by atoms with Crippen LogP contribution in [0.25, 0.3) is 105 Å². The first-order chi connectivity index (χ1) is 32.6. The molecule has 2 aliphatic rings. The van der Waals surface area contributed by atoms with Gasteiger partial charge in [-0.1, -0.05) is 129 Å². The second-order valence-corrected chi connectivity index (χ2v) is 22.4. The molecular weight excluding hydrogens is 834 g/mol. The molecule has 2 aliphatic heterocycles. The van der Waals surface area contributed by atoms with Crippen molar-refractivity contribution < 1.29 is 13.3 Å². The fourth-order valence-electron chi connectivity index (χ4n) is 11.5. The SMILES string of the molecule is CC(C)(C)c1ccc(N2B3c4cc5nc(-c6ccccc6)oc5cc4-n4c5ccc(C(C)(C)C)cc5c5c6oc7ccccc7c6c(c3c54)-c3cc4oc5cc(C(C)(C)C)ccc5c4cc32)cc1. The van der Waals surface area contributed by atoms with E-state index in [0.717, 1.165) is 105 Å². The number of hydrogen-bond acceptors (Lipinski definition) is 5. The molecule has 0 radical (unpaired) electrons. The van der Waals surface area contributed by atoms with Crippen molar-refractivity contribution in [1.82, 2.24) is 9.55 Å². The normalized spacial score (nSPS) is 13.9. The Bertz CT molecular complexity index is 4140. The number of oxazole rings is 1. The predicted octanol–water partition coefficient (Wildman–Crippen LogP) is 15.5. The van der Waals surface area contributed by atoms with Crippen LogP contribution in [0.5, 0.6) is 0 Å². The van der Waals surface area contributed by atoms with Gasteiger partial charge >= 0.3 is 6.85 Å². The molecule has 4 aromatic heterocycles. The minimum Gasteiger partial charge on any atom is -0.456 e. The van der Waals surface area contributed by atoms with Crippen LogP contribution in [0.1, 0.15) is 79.0 Å². The smallest absolute Gasteiger partial charge is 0.333 e. The van der Waals surface area contributed by atoms with Crippen LogP contribution in [0, 0.1) is 0 Å². The number of nitrogens with zero attached hydrogens (tertiary/aromatic N) is 3. The fourth-order valence-corrected chi connectivity index (χ4v) is 11.5. The van der Waals surface area contributed by atoms with Gasteiger partial charge in [-0.15, -0.1) is 0 Å². The van der Waals surface area contributed by atoms with Crippen LogP contribution >= 0.6 is 0 Å². The van der Waals surface area contributed by atoms with E-state index < -0.39 is 0 Å². The van der Waals surface area contributed by atoms with Crippen molar-refractivity contribution in [3.8, 4) is 28.3 Å². The highest BCUT2D eigenvalue weighted by Crippen LogP contribution is 2.53. The third-order valence-corrected chi connectivity index (χ3v) is 15.1. The molecule has 68 heavy (non-hydrogen) atoms. The number of aromatic nitrogens is 2. The maximum atomic E-state index is 7.22. The lowest BCUT2D eigenvalue weighted by Gasteiger charge is -2.42. The van der Waals surface area contributed by atoms with Gasteiger partial charge in [0.15, 0.2) is 5.58 Å². The molecule has 8 aromatic carbocycles. The van der Waals surface area contributed by atoms with Gasteiger partial charge in [0, 0.05) is 61.2 Å². The summed E-state index contributed by atoms with van der Waals surface area (Å²) >= 11 is 0. The van der Waals surface area contributed by atoms with Gasteiger partial charge in [-0.25, -0.2) is 4.98 Å². The van der Waals surface area contributed by atoms with E-state index >= 15 is 0 Å². The number of hydrogen-bond donors (Lipinski definition) is 0. The molecule has 0 fully saturated rings. The van der Waals surface area contributed by atoms with Crippen LogP contribution in [0.4, 0.5) is 11.4 Å². The van der Waals surface area contributed by atoms with Crippen molar-refractivity contribution in [2.75, 3.05) is 4.81 Å². The number of fused-ring (bicyclic) bond motifs is 17. The van der Waals surface area contributed by atoms with Gasteiger partial charge in [0.1, 0.15) is 27.8 Å². The van der Waals surface area contributed by atoms with Crippen molar-refractivity contribution in [3.05, 3.63) is 156 Å². The molecule has 0 atom stereocenters. The van der Waals surface area contributed by atoms with Crippen LogP contribution in [0.3, 0.4) is 0 Å². The Morgan fingerprint density at radius 2 is 1.19 bits per heavy atom. The Kier molecular flexibility index (Phi) is 7.66. The number of para-hydroxylation sites is 1. The maximum absolute atomic E-state index is 7.22. The highest BCUT2D eigenvalue weighted by atomic mass is 16.3. The van der Waals surface area contributed by atoms with E-state index in [4.69, 9.17) is 18.2 Å². The first kappa shape index (κ1) is 39.6. The quantitative estimate of drug-likeness (QED) is 0.162. The molecule has 0 saturated carbocycles. The molecular formula is C61H50BN3O3. The summed E-state index contributed by atoms with van der Waals surface area (Å²) in [4.78, 5) is 7.83. The minimum absolute atomic E-state index is 0.0157. The van der Waals surface area contributed by atoms with Gasteiger partial charge in [0.05, 0.1) is 16.4 Å². The highest BCUT2D eigenvalue weighted by molar-refractivity contribution is 6.94. The predicted molar refractivity (Wildman–Crippen MR) is 283 cm³/mol. The molecule has 0 N–H and O–H groups in total. The van der Waals surface area contributed by atoms with Gasteiger partial charge in [0.25, 0.3) is 0 Å². The van der Waals surface area contributed by atoms with Gasteiger partial charge < -0.3 is 22.6 Å². The van der Waals surface area contributed by atoms with Crippen molar-refractivity contribution in [2.45, 2.75) is 78.6 Å². The number of benzene rings is 8. The lowest BCUT2D eigenvalue weighted by atomic mass is 9.43. The van der Waals surface area contributed by atoms with Crippen molar-refractivity contribution in [2.24, 2.45) is 0 Å². The summed E-state index contributed by atoms with van der Waals surface area (Å²) in [6, 6.07) is 51.1. The summed E-state index contributed by atoms with van der Waals surface area (Å²) < 4.78 is 23.4. The summed E-state index contributed by atoms with van der Waals surface area (Å²) in [5.41, 5.74) is 20.0. The van der Waals surface area contributed by atoms with Gasteiger partial charge in [-0.3, -0.25) is 0 Å². The molecule has 0 unspecified atom stereocenters. The molecule has 12 aromatic rings. The van der Waals surface area contributed by atoms with Gasteiger partial charge in [-0.2, -0.15) is 0 Å². The lowest BCUT2D eigenvalue weighted by molar-refractivity contribution is 0.587. The summed E-state index contributed by atoms with van der Waals surface area (Å²) in [5.74, 6) is 0.606. The minimum atomic E-state index is -0.267. The van der Waals surface area contributed by atoms with Crippen molar-refractivity contribution in [3.63, 3.8) is 0 Å². The molecule has 330 valence electrons. The molecule has 7 heteroatoms. The largest absolute Gasteiger partial charge is 0.456 e. The molecule has 6 nitrogen and oxygen atoms in total. The number of anilines is 2. The molecule has 0 bridgehead atoms. The Labute approximate surface area is 394 Å². The standard InChI is InChI=1S/C61H50BN3O3/c1-59(2,3)34-19-23-37(24-20-34)65-46-29-40-38-25-21-36(61(7,8)9)28-49(38)66-50(40)30-42(46)52-53-39-17-13-14-18-48(39)67-57(53)54-41-27-35(60(4,5)6)22-26-45(41)64-47-32-51-44(31-43(47)62(65)55(52)56(54)64)63-58(68-51)33-15-11-10-12-16-33/h10-32H,1-9H3. The molecule has 0 aliphatic carbocycles. The van der Waals surface area contributed by atoms with E-state index in [1.54, 1.807) is 0 Å². The Hall–Kier alpha value is -7.51. The zero-order valence-corrected chi connectivity index (χ0v) is 39.9. The van der Waals surface area contributed by atoms with Crippen LogP contribution in [0.2, 0.25) is 0 Å². The van der Waals surface area contributed by atoms with Crippen LogP contribution in [0.15, 0.2) is 153 Å². The van der Waals surface area contributed by atoms with Gasteiger partial charge in [0.2, 0.25) is 5.89 Å². The van der Waals surface area contributed by atoms with Crippen molar-refractivity contribution in [1.29, 1.82) is 0 Å². The molecule has 0 amide bonds. The van der Waals surface area contributed by atoms with E-state index in [1.165, 1.54) is 33.1 Å². The molecule has 0 spiro atoms. The van der Waals surface area contributed by atoms with E-state index in [-0.39, 0.29) is 23.1 Å². The third-order valence-electron chi connectivity index (χ3n) is 15.1. The average Bonchev–Trinajstić information content (AvgIpc) is 4.09. The van der Waals surface area contributed by atoms with E-state index in [2.05, 4.69) is 193 Å². The summed E-state index contributed by atoms with van der Waals surface area (Å²) in [7, 11) is 0. The fraction of sp³-hybridized carbons (Fsp3) is 0.197. The van der Waals surface area contributed by atoms with Gasteiger partial charge in [-0.05, 0) is 116 Å². The average molecular weight is 884 g/mol. The Morgan fingerprint density at radius 1 is 0.500 bits per heavy atom. The number of furan rings is 2. The van der Waals surface area contributed by atoms with E-state index in [0.29, 0.717) is 5.89 Å². The Balaban J connectivity index is 1.19. The first-order valence-corrected chi connectivity index (χ1v) is 24.0. The Morgan fingerprint density at radius 3 is 1.96 bits per heavy atom. The zero-order chi connectivity index (χ0) is 46.3. The maximum Gasteiger partial charge on any atom is 0.333 e. The summed E-state index contributed by atoms with van der Waals surface area (Å²) in [6.45, 7) is 20.2. The monoisotopic (exact) mass is 883 g/mol. The molecule has 6 heterocycles. The van der Waals surface area contributed by atoms with E-state index in [9.17, 15) is 0 Å². The van der Waals surface area contributed by atoms with Crippen molar-refractivity contribution >= 4 is 106 Å². The van der Waals surface area contributed by atoms with Crippen LogP contribution in [-0.2, 0) is 16.2 Å². The molecule has 14 rings (SSSR count).